The highest BCUT2D eigenvalue weighted by Crippen LogP contribution is 2.22. The Bertz CT molecular complexity index is 538. The van der Waals surface area contributed by atoms with E-state index in [-0.39, 0.29) is 5.82 Å². The van der Waals surface area contributed by atoms with Crippen LogP contribution < -0.4 is 5.32 Å². The van der Waals surface area contributed by atoms with Crippen molar-refractivity contribution in [3.63, 3.8) is 0 Å². The van der Waals surface area contributed by atoms with E-state index in [9.17, 15) is 4.39 Å². The largest absolute Gasteiger partial charge is 0.387 e. The van der Waals surface area contributed by atoms with Crippen LogP contribution in [0, 0.1) is 5.82 Å². The van der Waals surface area contributed by atoms with Crippen LogP contribution in [0.4, 0.5) is 4.39 Å². The maximum absolute atomic E-state index is 12.4. The number of rotatable bonds is 3. The minimum Gasteiger partial charge on any atom is -0.387 e. The second-order valence-corrected chi connectivity index (χ2v) is 5.00. The van der Waals surface area contributed by atoms with Crippen molar-refractivity contribution in [3.8, 4) is 0 Å². The van der Waals surface area contributed by atoms with Crippen LogP contribution in [0.5, 0.6) is 0 Å². The first-order chi connectivity index (χ1) is 10.1. The van der Waals surface area contributed by atoms with Crippen LogP contribution in [0.1, 0.15) is 39.7 Å². The van der Waals surface area contributed by atoms with Crippen LogP contribution in [-0.4, -0.2) is 6.54 Å². The average Bonchev–Trinajstić information content (AvgIpc) is 2.51. The number of hydrogen-bond acceptors (Lipinski definition) is 1. The number of aryl methyl sites for hydroxylation is 1. The fourth-order valence-corrected chi connectivity index (χ4v) is 2.25. The Hall–Kier alpha value is -1.83. The summed E-state index contributed by atoms with van der Waals surface area (Å²) in [7, 11) is 0. The third kappa shape index (κ3) is 5.58. The van der Waals surface area contributed by atoms with Crippen molar-refractivity contribution in [2.75, 3.05) is 6.54 Å². The average molecular weight is 287 g/mol. The Balaban J connectivity index is 0.000000219. The van der Waals surface area contributed by atoms with E-state index in [1.54, 1.807) is 12.1 Å². The van der Waals surface area contributed by atoms with Crippen LogP contribution in [0.15, 0.2) is 59.3 Å². The second-order valence-electron chi connectivity index (χ2n) is 5.00. The van der Waals surface area contributed by atoms with Crippen molar-refractivity contribution in [3.05, 3.63) is 70.7 Å². The zero-order valence-corrected chi connectivity index (χ0v) is 13.5. The summed E-state index contributed by atoms with van der Waals surface area (Å²) in [5.74, 6) is -0.144. The van der Waals surface area contributed by atoms with E-state index >= 15 is 0 Å². The van der Waals surface area contributed by atoms with Gasteiger partial charge in [0.15, 0.2) is 0 Å². The van der Waals surface area contributed by atoms with Gasteiger partial charge in [-0.3, -0.25) is 0 Å². The highest BCUT2D eigenvalue weighted by molar-refractivity contribution is 5.46. The summed E-state index contributed by atoms with van der Waals surface area (Å²) in [4.78, 5) is 0. The third-order valence-electron chi connectivity index (χ3n) is 3.57. The molecular weight excluding hydrogens is 261 g/mol. The molecular formula is C19H26FN. The van der Waals surface area contributed by atoms with Crippen molar-refractivity contribution in [2.24, 2.45) is 0 Å². The second kappa shape index (κ2) is 9.17. The molecule has 0 bridgehead atoms. The van der Waals surface area contributed by atoms with Crippen LogP contribution in [0.3, 0.4) is 0 Å². The molecule has 0 aromatic heterocycles. The summed E-state index contributed by atoms with van der Waals surface area (Å²) in [6.07, 6.45) is 8.55. The first-order valence-electron chi connectivity index (χ1n) is 7.63. The van der Waals surface area contributed by atoms with E-state index in [0.29, 0.717) is 0 Å². The van der Waals surface area contributed by atoms with Gasteiger partial charge in [0.2, 0.25) is 0 Å². The lowest BCUT2D eigenvalue weighted by Gasteiger charge is -2.15. The Labute approximate surface area is 128 Å². The predicted molar refractivity (Wildman–Crippen MR) is 89.7 cm³/mol. The molecule has 1 aromatic carbocycles. The van der Waals surface area contributed by atoms with Crippen LogP contribution in [0.2, 0.25) is 0 Å². The Morgan fingerprint density at radius 1 is 1.33 bits per heavy atom. The van der Waals surface area contributed by atoms with Crippen molar-refractivity contribution in [1.29, 1.82) is 0 Å². The minimum absolute atomic E-state index is 0.144. The summed E-state index contributed by atoms with van der Waals surface area (Å²) < 4.78 is 12.4. The smallest absolute Gasteiger partial charge is 0.123 e. The lowest BCUT2D eigenvalue weighted by Crippen LogP contribution is -2.12. The van der Waals surface area contributed by atoms with Gasteiger partial charge >= 0.3 is 0 Å². The van der Waals surface area contributed by atoms with Crippen LogP contribution >= 0.6 is 0 Å². The molecule has 0 spiro atoms. The van der Waals surface area contributed by atoms with Gasteiger partial charge in [-0.25, -0.2) is 4.39 Å². The van der Waals surface area contributed by atoms with E-state index in [4.69, 9.17) is 0 Å². The standard InChI is InChI=1S/C11H17N.C8H9F/c1-4-10(5-2)11-8-12-7-6-9(11)3;1-2-7-4-3-5-8(9)6-7/h4,6,8,12H,5,7H2,1-3H3;3-6H,2H2,1H3/b10-4-;. The topological polar surface area (TPSA) is 12.0 Å². The van der Waals surface area contributed by atoms with Gasteiger partial charge in [0.05, 0.1) is 0 Å². The number of dihydropyridines is 1. The molecule has 114 valence electrons. The molecule has 1 aromatic rings. The zero-order chi connectivity index (χ0) is 15.7. The van der Waals surface area contributed by atoms with E-state index in [1.807, 2.05) is 13.0 Å². The Morgan fingerprint density at radius 2 is 2.10 bits per heavy atom. The molecule has 0 atom stereocenters. The SMILES string of the molecule is C/C=C(/CC)C1=CNCC=C1C.CCc1cccc(F)c1. The fourth-order valence-electron chi connectivity index (χ4n) is 2.25. The van der Waals surface area contributed by atoms with Gasteiger partial charge in [-0.05, 0) is 61.1 Å². The molecule has 0 radical (unpaired) electrons. The Morgan fingerprint density at radius 3 is 2.57 bits per heavy atom. The molecule has 2 rings (SSSR count). The number of halogens is 1. The quantitative estimate of drug-likeness (QED) is 0.809. The van der Waals surface area contributed by atoms with Gasteiger partial charge in [0, 0.05) is 12.7 Å². The summed E-state index contributed by atoms with van der Waals surface area (Å²) >= 11 is 0. The summed E-state index contributed by atoms with van der Waals surface area (Å²) in [6.45, 7) is 9.44. The van der Waals surface area contributed by atoms with Crippen molar-refractivity contribution >= 4 is 0 Å². The molecule has 1 heterocycles. The highest BCUT2D eigenvalue weighted by Gasteiger charge is 2.06. The van der Waals surface area contributed by atoms with Crippen molar-refractivity contribution < 1.29 is 4.39 Å². The minimum atomic E-state index is -0.144. The molecule has 1 nitrogen and oxygen atoms in total. The maximum Gasteiger partial charge on any atom is 0.123 e. The molecule has 0 saturated carbocycles. The van der Waals surface area contributed by atoms with E-state index in [1.165, 1.54) is 22.8 Å². The van der Waals surface area contributed by atoms with Gasteiger partial charge in [0.1, 0.15) is 5.82 Å². The number of benzene rings is 1. The molecule has 1 aliphatic heterocycles. The summed E-state index contributed by atoms with van der Waals surface area (Å²) in [5.41, 5.74) is 5.24. The zero-order valence-electron chi connectivity index (χ0n) is 13.5. The molecule has 0 aliphatic carbocycles. The maximum atomic E-state index is 12.4. The van der Waals surface area contributed by atoms with Crippen molar-refractivity contribution in [2.45, 2.75) is 40.5 Å². The predicted octanol–water partition coefficient (Wildman–Crippen LogP) is 5.16. The van der Waals surface area contributed by atoms with Gasteiger partial charge < -0.3 is 5.32 Å². The van der Waals surface area contributed by atoms with Gasteiger partial charge in [0.25, 0.3) is 0 Å². The number of allylic oxidation sites excluding steroid dienone is 4. The molecule has 1 aliphatic rings. The lowest BCUT2D eigenvalue weighted by atomic mass is 9.96. The van der Waals surface area contributed by atoms with E-state index in [0.717, 1.165) is 24.9 Å². The highest BCUT2D eigenvalue weighted by atomic mass is 19.1. The normalized spacial score (nSPS) is 14.4. The lowest BCUT2D eigenvalue weighted by molar-refractivity contribution is 0.625. The molecule has 0 saturated heterocycles. The molecule has 21 heavy (non-hydrogen) atoms. The molecule has 0 fully saturated rings. The van der Waals surface area contributed by atoms with Crippen LogP contribution in [0.25, 0.3) is 0 Å². The van der Waals surface area contributed by atoms with Gasteiger partial charge in [-0.2, -0.15) is 0 Å². The first kappa shape index (κ1) is 17.2. The number of nitrogens with one attached hydrogen (secondary N) is 1. The monoisotopic (exact) mass is 287 g/mol. The first-order valence-corrected chi connectivity index (χ1v) is 7.63. The Kier molecular flexibility index (Phi) is 7.52. The van der Waals surface area contributed by atoms with Gasteiger partial charge in [-0.1, -0.05) is 38.1 Å². The van der Waals surface area contributed by atoms with E-state index < -0.39 is 0 Å². The third-order valence-corrected chi connectivity index (χ3v) is 3.57. The molecule has 1 N–H and O–H groups in total. The summed E-state index contributed by atoms with van der Waals surface area (Å²) in [6, 6.07) is 6.66. The van der Waals surface area contributed by atoms with Crippen molar-refractivity contribution in [1.82, 2.24) is 5.32 Å². The number of hydrogen-bond donors (Lipinski definition) is 1. The van der Waals surface area contributed by atoms with E-state index in [2.05, 4.69) is 44.4 Å². The van der Waals surface area contributed by atoms with Crippen LogP contribution in [-0.2, 0) is 6.42 Å². The molecule has 0 amide bonds. The molecule has 0 unspecified atom stereocenters. The fraction of sp³-hybridized carbons (Fsp3) is 0.368. The molecule has 2 heteroatoms. The van der Waals surface area contributed by atoms with Gasteiger partial charge in [-0.15, -0.1) is 0 Å². The summed E-state index contributed by atoms with van der Waals surface area (Å²) in [5, 5.41) is 3.24.